The highest BCUT2D eigenvalue weighted by Crippen LogP contribution is 2.35. The van der Waals surface area contributed by atoms with Crippen LogP contribution in [0, 0.1) is 0 Å². The number of rotatable bonds is 0. The molecular formula is C6H9NO. The van der Waals surface area contributed by atoms with Crippen molar-refractivity contribution >= 4 is 0 Å². The number of aliphatic hydroxyl groups excluding tert-OH is 1. The van der Waals surface area contributed by atoms with Crippen molar-refractivity contribution in [3.63, 3.8) is 0 Å². The third-order valence-electron chi connectivity index (χ3n) is 2.06. The van der Waals surface area contributed by atoms with Gasteiger partial charge in [0.15, 0.2) is 0 Å². The molecule has 0 amide bonds. The Labute approximate surface area is 48.4 Å². The molecule has 0 aromatic carbocycles. The monoisotopic (exact) mass is 111 g/mol. The molecule has 4 atom stereocenters. The van der Waals surface area contributed by atoms with Crippen LogP contribution in [-0.2, 0) is 0 Å². The molecular weight excluding hydrogens is 102 g/mol. The number of nitrogens with zero attached hydrogens (tertiary/aromatic N) is 1. The van der Waals surface area contributed by atoms with Crippen molar-refractivity contribution in [2.45, 2.75) is 18.2 Å². The normalized spacial score (nSPS) is 58.8. The Bertz CT molecular complexity index is 141. The number of hydrogen-bond acceptors (Lipinski definition) is 2. The van der Waals surface area contributed by atoms with Crippen molar-refractivity contribution in [3.05, 3.63) is 12.2 Å². The maximum atomic E-state index is 9.08. The summed E-state index contributed by atoms with van der Waals surface area (Å²) in [5, 5.41) is 9.08. The van der Waals surface area contributed by atoms with E-state index >= 15 is 0 Å². The van der Waals surface area contributed by atoms with E-state index in [2.05, 4.69) is 11.0 Å². The lowest BCUT2D eigenvalue weighted by Gasteiger charge is -1.98. The second-order valence-corrected chi connectivity index (χ2v) is 2.52. The standard InChI is InChI=1S/C6H9NO/c1-7-4-2-3-5(8)6(4)7/h2-6,8H,1H3/t4-,5-,6-,7?/m0/s1. The molecule has 0 aromatic heterocycles. The van der Waals surface area contributed by atoms with Gasteiger partial charge in [0.25, 0.3) is 0 Å². The zero-order chi connectivity index (χ0) is 5.72. The minimum Gasteiger partial charge on any atom is -0.387 e. The molecule has 2 nitrogen and oxygen atoms in total. The van der Waals surface area contributed by atoms with Crippen LogP contribution in [0.2, 0.25) is 0 Å². The molecule has 1 saturated heterocycles. The Morgan fingerprint density at radius 2 is 2.25 bits per heavy atom. The topological polar surface area (TPSA) is 23.2 Å². The van der Waals surface area contributed by atoms with Gasteiger partial charge in [0.05, 0.1) is 12.1 Å². The second-order valence-electron chi connectivity index (χ2n) is 2.52. The summed E-state index contributed by atoms with van der Waals surface area (Å²) in [5.41, 5.74) is 0. The third kappa shape index (κ3) is 0.353. The van der Waals surface area contributed by atoms with Gasteiger partial charge in [-0.1, -0.05) is 12.2 Å². The Kier molecular flexibility index (Phi) is 0.648. The third-order valence-corrected chi connectivity index (χ3v) is 2.06. The number of likely N-dealkylation sites (N-methyl/N-ethyl adjacent to an activating group) is 1. The van der Waals surface area contributed by atoms with Gasteiger partial charge in [0.2, 0.25) is 0 Å². The molecule has 0 bridgehead atoms. The molecule has 2 heteroatoms. The maximum Gasteiger partial charge on any atom is 0.0895 e. The molecule has 0 spiro atoms. The van der Waals surface area contributed by atoms with Crippen molar-refractivity contribution in [2.75, 3.05) is 7.05 Å². The number of aliphatic hydroxyl groups is 1. The molecule has 8 heavy (non-hydrogen) atoms. The average molecular weight is 111 g/mol. The zero-order valence-corrected chi connectivity index (χ0v) is 4.78. The van der Waals surface area contributed by atoms with E-state index in [0.29, 0.717) is 12.1 Å². The van der Waals surface area contributed by atoms with Crippen LogP contribution in [0.3, 0.4) is 0 Å². The van der Waals surface area contributed by atoms with E-state index in [-0.39, 0.29) is 6.10 Å². The van der Waals surface area contributed by atoms with Gasteiger partial charge in [0, 0.05) is 6.04 Å². The molecule has 1 fully saturated rings. The van der Waals surface area contributed by atoms with Crippen molar-refractivity contribution in [1.29, 1.82) is 0 Å². The minimum absolute atomic E-state index is 0.190. The molecule has 0 radical (unpaired) electrons. The largest absolute Gasteiger partial charge is 0.387 e. The van der Waals surface area contributed by atoms with Gasteiger partial charge in [-0.15, -0.1) is 0 Å². The van der Waals surface area contributed by atoms with Gasteiger partial charge in [-0.2, -0.15) is 0 Å². The summed E-state index contributed by atoms with van der Waals surface area (Å²) in [7, 11) is 2.03. The smallest absolute Gasteiger partial charge is 0.0895 e. The van der Waals surface area contributed by atoms with Crippen LogP contribution in [-0.4, -0.2) is 35.2 Å². The summed E-state index contributed by atoms with van der Waals surface area (Å²) in [6, 6.07) is 0.986. The molecule has 0 aromatic rings. The average Bonchev–Trinajstić information content (AvgIpc) is 2.13. The first-order chi connectivity index (χ1) is 3.80. The molecule has 1 N–H and O–H groups in total. The van der Waals surface area contributed by atoms with Crippen LogP contribution in [0.4, 0.5) is 0 Å². The van der Waals surface area contributed by atoms with Crippen molar-refractivity contribution in [3.8, 4) is 0 Å². The van der Waals surface area contributed by atoms with Crippen LogP contribution in [0.5, 0.6) is 0 Å². The molecule has 1 unspecified atom stereocenters. The van der Waals surface area contributed by atoms with E-state index in [0.717, 1.165) is 0 Å². The minimum atomic E-state index is -0.190. The zero-order valence-electron chi connectivity index (χ0n) is 4.78. The Morgan fingerprint density at radius 3 is 2.50 bits per heavy atom. The lowest BCUT2D eigenvalue weighted by atomic mass is 10.3. The van der Waals surface area contributed by atoms with Crippen LogP contribution in [0.25, 0.3) is 0 Å². The predicted molar refractivity (Wildman–Crippen MR) is 30.5 cm³/mol. The van der Waals surface area contributed by atoms with Crippen LogP contribution >= 0.6 is 0 Å². The quantitative estimate of drug-likeness (QED) is 0.339. The van der Waals surface area contributed by atoms with E-state index < -0.39 is 0 Å². The lowest BCUT2D eigenvalue weighted by molar-refractivity contribution is 0.208. The lowest BCUT2D eigenvalue weighted by Crippen LogP contribution is -2.12. The summed E-state index contributed by atoms with van der Waals surface area (Å²) < 4.78 is 0. The van der Waals surface area contributed by atoms with Crippen LogP contribution in [0.1, 0.15) is 0 Å². The fourth-order valence-corrected chi connectivity index (χ4v) is 1.42. The van der Waals surface area contributed by atoms with Gasteiger partial charge < -0.3 is 5.11 Å². The SMILES string of the molecule is CN1[C@@H]2[C@@H](O)C=C[C@@H]21. The van der Waals surface area contributed by atoms with Crippen LogP contribution in [0.15, 0.2) is 12.2 Å². The fourth-order valence-electron chi connectivity index (χ4n) is 1.42. The number of hydrogen-bond donors (Lipinski definition) is 1. The highest BCUT2D eigenvalue weighted by molar-refractivity contribution is 5.25. The predicted octanol–water partition coefficient (Wildman–Crippen LogP) is -0.400. The first-order valence-electron chi connectivity index (χ1n) is 2.89. The van der Waals surface area contributed by atoms with E-state index in [9.17, 15) is 0 Å². The van der Waals surface area contributed by atoms with E-state index in [4.69, 9.17) is 5.11 Å². The Morgan fingerprint density at radius 1 is 1.50 bits per heavy atom. The Hall–Kier alpha value is -0.340. The molecule has 2 rings (SSSR count). The summed E-state index contributed by atoms with van der Waals surface area (Å²) in [6.45, 7) is 0. The van der Waals surface area contributed by atoms with Gasteiger partial charge in [-0.25, -0.2) is 0 Å². The summed E-state index contributed by atoms with van der Waals surface area (Å²) >= 11 is 0. The molecule has 2 aliphatic rings. The van der Waals surface area contributed by atoms with Gasteiger partial charge in [0.1, 0.15) is 0 Å². The molecule has 0 saturated carbocycles. The van der Waals surface area contributed by atoms with Crippen LogP contribution < -0.4 is 0 Å². The van der Waals surface area contributed by atoms with Gasteiger partial charge in [-0.3, -0.25) is 4.90 Å². The first kappa shape index (κ1) is 4.53. The highest BCUT2D eigenvalue weighted by atomic mass is 16.3. The van der Waals surface area contributed by atoms with Crippen molar-refractivity contribution < 1.29 is 5.11 Å². The van der Waals surface area contributed by atoms with Crippen molar-refractivity contribution in [1.82, 2.24) is 4.90 Å². The van der Waals surface area contributed by atoms with E-state index in [1.165, 1.54) is 0 Å². The Balaban J connectivity index is 2.18. The first-order valence-corrected chi connectivity index (χ1v) is 2.89. The molecule has 1 heterocycles. The van der Waals surface area contributed by atoms with Gasteiger partial charge >= 0.3 is 0 Å². The van der Waals surface area contributed by atoms with E-state index in [1.807, 2.05) is 13.1 Å². The summed E-state index contributed by atoms with van der Waals surface area (Å²) in [6.07, 6.45) is 3.75. The molecule has 1 aliphatic heterocycles. The highest BCUT2D eigenvalue weighted by Gasteiger charge is 2.49. The second kappa shape index (κ2) is 1.14. The number of fused-ring (bicyclic) bond motifs is 1. The fraction of sp³-hybridized carbons (Fsp3) is 0.667. The summed E-state index contributed by atoms with van der Waals surface area (Å²) in [5.74, 6) is 0. The van der Waals surface area contributed by atoms with Crippen molar-refractivity contribution in [2.24, 2.45) is 0 Å². The maximum absolute atomic E-state index is 9.08. The molecule has 44 valence electrons. The molecule has 1 aliphatic carbocycles. The summed E-state index contributed by atoms with van der Waals surface area (Å²) in [4.78, 5) is 2.16. The van der Waals surface area contributed by atoms with Gasteiger partial charge in [-0.05, 0) is 7.05 Å². The van der Waals surface area contributed by atoms with E-state index in [1.54, 1.807) is 0 Å².